The average molecular weight is 162 g/mol. The molecular formula is C11H16N. The number of benzene rings is 1. The second-order valence-electron chi connectivity index (χ2n) is 3.11. The van der Waals surface area contributed by atoms with Crippen LogP contribution in [0.5, 0.6) is 0 Å². The molecule has 0 aliphatic heterocycles. The van der Waals surface area contributed by atoms with Gasteiger partial charge in [0.1, 0.15) is 0 Å². The Morgan fingerprint density at radius 2 is 1.92 bits per heavy atom. The monoisotopic (exact) mass is 162 g/mol. The van der Waals surface area contributed by atoms with Crippen molar-refractivity contribution in [2.75, 3.05) is 0 Å². The molecule has 0 bridgehead atoms. The molecule has 1 nitrogen and oxygen atoms in total. The second kappa shape index (κ2) is 4.94. The SMILES string of the molecule is CCCCC([NH])c1ccccc1. The van der Waals surface area contributed by atoms with E-state index < -0.39 is 0 Å². The van der Waals surface area contributed by atoms with Crippen molar-refractivity contribution in [3.05, 3.63) is 35.9 Å². The number of unbranched alkanes of at least 4 members (excludes halogenated alkanes) is 1. The highest BCUT2D eigenvalue weighted by Gasteiger charge is 2.03. The first-order valence-electron chi connectivity index (χ1n) is 4.60. The van der Waals surface area contributed by atoms with Crippen LogP contribution in [0.1, 0.15) is 37.8 Å². The van der Waals surface area contributed by atoms with E-state index in [0.29, 0.717) is 0 Å². The van der Waals surface area contributed by atoms with Crippen LogP contribution in [0.3, 0.4) is 0 Å². The Bertz CT molecular complexity index is 206. The lowest BCUT2D eigenvalue weighted by Gasteiger charge is -2.09. The van der Waals surface area contributed by atoms with Crippen LogP contribution in [-0.2, 0) is 0 Å². The molecule has 0 fully saturated rings. The van der Waals surface area contributed by atoms with E-state index in [1.807, 2.05) is 30.3 Å². The normalized spacial score (nSPS) is 12.8. The van der Waals surface area contributed by atoms with Crippen molar-refractivity contribution >= 4 is 0 Å². The second-order valence-corrected chi connectivity index (χ2v) is 3.11. The van der Waals surface area contributed by atoms with Gasteiger partial charge in [-0.3, -0.25) is 0 Å². The minimum atomic E-state index is -0.0221. The van der Waals surface area contributed by atoms with Gasteiger partial charge in [0.25, 0.3) is 0 Å². The Balaban J connectivity index is 2.48. The molecule has 65 valence electrons. The summed E-state index contributed by atoms with van der Waals surface area (Å²) in [5.41, 5.74) is 8.96. The van der Waals surface area contributed by atoms with Gasteiger partial charge in [0.05, 0.1) is 0 Å². The maximum absolute atomic E-state index is 7.82. The summed E-state index contributed by atoms with van der Waals surface area (Å²) in [5, 5.41) is 0. The van der Waals surface area contributed by atoms with E-state index in [1.54, 1.807) is 0 Å². The lowest BCUT2D eigenvalue weighted by molar-refractivity contribution is 0.589. The summed E-state index contributed by atoms with van der Waals surface area (Å²) in [6.07, 6.45) is 3.33. The molecule has 1 heteroatoms. The lowest BCUT2D eigenvalue weighted by Crippen LogP contribution is -1.98. The molecule has 1 rings (SSSR count). The molecule has 0 spiro atoms. The first-order chi connectivity index (χ1) is 5.84. The third-order valence-electron chi connectivity index (χ3n) is 2.05. The maximum Gasteiger partial charge on any atom is 0.0462 e. The van der Waals surface area contributed by atoms with E-state index in [0.717, 1.165) is 18.4 Å². The van der Waals surface area contributed by atoms with Crippen LogP contribution in [0.25, 0.3) is 0 Å². The van der Waals surface area contributed by atoms with E-state index in [9.17, 15) is 0 Å². The van der Waals surface area contributed by atoms with Gasteiger partial charge in [-0.05, 0) is 12.0 Å². The zero-order chi connectivity index (χ0) is 8.81. The minimum Gasteiger partial charge on any atom is -0.250 e. The van der Waals surface area contributed by atoms with Gasteiger partial charge in [-0.25, -0.2) is 5.73 Å². The van der Waals surface area contributed by atoms with Crippen LogP contribution >= 0.6 is 0 Å². The first kappa shape index (κ1) is 9.27. The summed E-state index contributed by atoms with van der Waals surface area (Å²) in [7, 11) is 0. The Labute approximate surface area is 74.6 Å². The van der Waals surface area contributed by atoms with Crippen molar-refractivity contribution in [1.29, 1.82) is 0 Å². The number of nitrogens with one attached hydrogen (secondary N) is 1. The molecule has 1 unspecified atom stereocenters. The lowest BCUT2D eigenvalue weighted by atomic mass is 10.0. The van der Waals surface area contributed by atoms with Crippen molar-refractivity contribution in [3.8, 4) is 0 Å². The molecule has 0 heterocycles. The third kappa shape index (κ3) is 2.67. The first-order valence-corrected chi connectivity index (χ1v) is 4.60. The highest BCUT2D eigenvalue weighted by atomic mass is 14.6. The van der Waals surface area contributed by atoms with E-state index in [-0.39, 0.29) is 6.04 Å². The largest absolute Gasteiger partial charge is 0.250 e. The van der Waals surface area contributed by atoms with Gasteiger partial charge in [-0.15, -0.1) is 0 Å². The summed E-state index contributed by atoms with van der Waals surface area (Å²) < 4.78 is 0. The van der Waals surface area contributed by atoms with Gasteiger partial charge in [0, 0.05) is 6.04 Å². The van der Waals surface area contributed by atoms with Gasteiger partial charge in [0.2, 0.25) is 0 Å². The van der Waals surface area contributed by atoms with E-state index in [2.05, 4.69) is 6.92 Å². The summed E-state index contributed by atoms with van der Waals surface area (Å²) in [5.74, 6) is 0. The molecule has 12 heavy (non-hydrogen) atoms. The molecule has 0 saturated carbocycles. The minimum absolute atomic E-state index is 0.0221. The molecule has 0 aliphatic carbocycles. The van der Waals surface area contributed by atoms with Crippen LogP contribution in [-0.4, -0.2) is 0 Å². The predicted octanol–water partition coefficient (Wildman–Crippen LogP) is 3.20. The van der Waals surface area contributed by atoms with Crippen LogP contribution in [0.15, 0.2) is 30.3 Å². The molecule has 1 aromatic rings. The highest BCUT2D eigenvalue weighted by molar-refractivity contribution is 5.17. The average Bonchev–Trinajstić information content (AvgIpc) is 2.15. The fourth-order valence-electron chi connectivity index (χ4n) is 1.26. The molecule has 0 aliphatic rings. The summed E-state index contributed by atoms with van der Waals surface area (Å²) in [6, 6.07) is 10.0. The van der Waals surface area contributed by atoms with Crippen molar-refractivity contribution < 1.29 is 0 Å². The van der Waals surface area contributed by atoms with Crippen molar-refractivity contribution in [2.45, 2.75) is 32.2 Å². The van der Waals surface area contributed by atoms with Crippen LogP contribution in [0.4, 0.5) is 0 Å². The topological polar surface area (TPSA) is 23.8 Å². The Morgan fingerprint density at radius 1 is 1.25 bits per heavy atom. The highest BCUT2D eigenvalue weighted by Crippen LogP contribution is 2.17. The molecule has 0 saturated heterocycles. The zero-order valence-electron chi connectivity index (χ0n) is 7.59. The molecule has 1 N–H and O–H groups in total. The predicted molar refractivity (Wildman–Crippen MR) is 51.8 cm³/mol. The van der Waals surface area contributed by atoms with Gasteiger partial charge in [-0.1, -0.05) is 50.1 Å². The van der Waals surface area contributed by atoms with Gasteiger partial charge >= 0.3 is 0 Å². The van der Waals surface area contributed by atoms with E-state index in [4.69, 9.17) is 5.73 Å². The number of hydrogen-bond donors (Lipinski definition) is 0. The van der Waals surface area contributed by atoms with Crippen LogP contribution in [0.2, 0.25) is 0 Å². The van der Waals surface area contributed by atoms with Crippen molar-refractivity contribution in [1.82, 2.24) is 5.73 Å². The van der Waals surface area contributed by atoms with Crippen LogP contribution < -0.4 is 5.73 Å². The van der Waals surface area contributed by atoms with Crippen molar-refractivity contribution in [3.63, 3.8) is 0 Å². The Hall–Kier alpha value is -0.820. The summed E-state index contributed by atoms with van der Waals surface area (Å²) in [6.45, 7) is 2.16. The fraction of sp³-hybridized carbons (Fsp3) is 0.455. The fourth-order valence-corrected chi connectivity index (χ4v) is 1.26. The standard InChI is InChI=1S/C11H16N/c1-2-3-9-11(12)10-7-5-4-6-8-10/h4-8,11-12H,2-3,9H2,1H3. The molecule has 1 atom stereocenters. The number of rotatable bonds is 4. The molecular weight excluding hydrogens is 146 g/mol. The molecule has 0 amide bonds. The van der Waals surface area contributed by atoms with E-state index >= 15 is 0 Å². The molecule has 1 aromatic carbocycles. The summed E-state index contributed by atoms with van der Waals surface area (Å²) in [4.78, 5) is 0. The molecule has 1 radical (unpaired) electrons. The quantitative estimate of drug-likeness (QED) is 0.649. The third-order valence-corrected chi connectivity index (χ3v) is 2.05. The summed E-state index contributed by atoms with van der Waals surface area (Å²) >= 11 is 0. The molecule has 0 aromatic heterocycles. The van der Waals surface area contributed by atoms with Crippen LogP contribution in [0, 0.1) is 0 Å². The van der Waals surface area contributed by atoms with Crippen molar-refractivity contribution in [2.24, 2.45) is 0 Å². The Morgan fingerprint density at radius 3 is 2.50 bits per heavy atom. The van der Waals surface area contributed by atoms with Gasteiger partial charge < -0.3 is 0 Å². The van der Waals surface area contributed by atoms with E-state index in [1.165, 1.54) is 6.42 Å². The zero-order valence-corrected chi connectivity index (χ0v) is 7.59. The Kier molecular flexibility index (Phi) is 3.81. The maximum atomic E-state index is 7.82. The smallest absolute Gasteiger partial charge is 0.0462 e. The number of hydrogen-bond acceptors (Lipinski definition) is 0. The van der Waals surface area contributed by atoms with Gasteiger partial charge in [0.15, 0.2) is 0 Å². The van der Waals surface area contributed by atoms with Gasteiger partial charge in [-0.2, -0.15) is 0 Å².